The van der Waals surface area contributed by atoms with Crippen molar-refractivity contribution in [2.45, 2.75) is 16.7 Å². The van der Waals surface area contributed by atoms with Crippen LogP contribution in [0.15, 0.2) is 79.9 Å². The normalized spacial score (nSPS) is 11.7. The number of nitrogens with one attached hydrogen (secondary N) is 3. The van der Waals surface area contributed by atoms with Crippen molar-refractivity contribution in [3.63, 3.8) is 0 Å². The van der Waals surface area contributed by atoms with Gasteiger partial charge in [0.05, 0.1) is 26.5 Å². The van der Waals surface area contributed by atoms with Crippen LogP contribution in [0.5, 0.6) is 0 Å². The van der Waals surface area contributed by atoms with E-state index in [1.165, 1.54) is 6.92 Å². The molecule has 0 aliphatic carbocycles. The first-order valence-electron chi connectivity index (χ1n) is 13.2. The summed E-state index contributed by atoms with van der Waals surface area (Å²) in [6.45, 7) is 4.40. The maximum absolute atomic E-state index is 14.5. The highest BCUT2D eigenvalue weighted by molar-refractivity contribution is 7.86. The van der Waals surface area contributed by atoms with E-state index < -0.39 is 109 Å². The van der Waals surface area contributed by atoms with Crippen LogP contribution < -0.4 is 16.2 Å². The molecule has 1 heterocycles. The number of rotatable bonds is 12. The molecule has 4 rings (SSSR count). The summed E-state index contributed by atoms with van der Waals surface area (Å²) < 4.78 is 82.8. The quantitative estimate of drug-likeness (QED) is 0.0393. The van der Waals surface area contributed by atoms with Gasteiger partial charge in [-0.25, -0.2) is 9.48 Å². The number of hydrogen-bond donors (Lipinski definition) is 6. The Kier molecular flexibility index (Phi) is 9.95. The highest BCUT2D eigenvalue weighted by atomic mass is 32.2. The smallest absolute Gasteiger partial charge is 0.356 e. The third-order valence-electron chi connectivity index (χ3n) is 6.65. The van der Waals surface area contributed by atoms with E-state index in [1.807, 2.05) is 0 Å². The van der Waals surface area contributed by atoms with Crippen LogP contribution >= 0.6 is 0 Å². The number of aromatic nitrogens is 2. The minimum Gasteiger partial charge on any atom is -0.476 e. The number of carbonyl (C=O) groups excluding carboxylic acids is 1. The van der Waals surface area contributed by atoms with Crippen molar-refractivity contribution in [1.82, 2.24) is 9.78 Å². The number of carboxylic acid groups (broad SMARTS) is 1. The second-order valence-corrected chi connectivity index (χ2v) is 12.7. The molecule has 0 atom stereocenters. The average molecular weight is 751 g/mol. The van der Waals surface area contributed by atoms with Gasteiger partial charge in [0, 0.05) is 17.4 Å². The summed E-state index contributed by atoms with van der Waals surface area (Å²) in [5.41, 5.74) is -8.50. The van der Waals surface area contributed by atoms with E-state index in [2.05, 4.69) is 32.5 Å². The number of amides is 1. The lowest BCUT2D eigenvalue weighted by molar-refractivity contribution is -0.395. The van der Waals surface area contributed by atoms with E-state index >= 15 is 0 Å². The summed E-state index contributed by atoms with van der Waals surface area (Å²) in [6.07, 6.45) is 0.858. The summed E-state index contributed by atoms with van der Waals surface area (Å²) >= 11 is 0. The zero-order valence-electron chi connectivity index (χ0n) is 25.1. The van der Waals surface area contributed by atoms with E-state index in [1.54, 1.807) is 0 Å². The second-order valence-electron chi connectivity index (χ2n) is 9.88. The molecule has 6 N–H and O–H groups in total. The molecule has 0 saturated carbocycles. The first kappa shape index (κ1) is 37.1. The van der Waals surface area contributed by atoms with E-state index in [-0.39, 0.29) is 17.3 Å². The van der Waals surface area contributed by atoms with Gasteiger partial charge in [0.15, 0.2) is 11.4 Å². The number of aromatic carboxylic acids is 1. The van der Waals surface area contributed by atoms with Gasteiger partial charge in [0.2, 0.25) is 11.7 Å². The molecular formula is C26H19FN8O14S2. The zero-order chi connectivity index (χ0) is 38.2. The van der Waals surface area contributed by atoms with Crippen molar-refractivity contribution in [3.8, 4) is 5.69 Å². The molecule has 3 aromatic carbocycles. The number of carbonyl (C=O) groups is 2. The molecular weight excluding hydrogens is 731 g/mol. The van der Waals surface area contributed by atoms with E-state index in [0.717, 1.165) is 24.3 Å². The van der Waals surface area contributed by atoms with Crippen molar-refractivity contribution in [2.75, 3.05) is 10.6 Å². The molecule has 0 radical (unpaired) electrons. The minimum atomic E-state index is -5.16. The molecule has 0 saturated heterocycles. The molecule has 51 heavy (non-hydrogen) atoms. The second kappa shape index (κ2) is 13.7. The van der Waals surface area contributed by atoms with Crippen molar-refractivity contribution < 1.29 is 54.9 Å². The van der Waals surface area contributed by atoms with E-state index in [0.29, 0.717) is 22.9 Å². The summed E-state index contributed by atoms with van der Waals surface area (Å²) in [5, 5.41) is 46.3. The SMILES string of the molecule is C=CC(=O)Nc1ccc(N=Nc2c(C(=O)O)[nH]n(-c3cc(S(=O)(=O)O)cc(Nc4cc(F)c([N+](=O)[O-])cc4[N+](=O)[O-])c3C)c2=O)c(S(=O)(=O)O)c1. The Hall–Kier alpha value is -6.70. The Labute approximate surface area is 282 Å². The van der Waals surface area contributed by atoms with Crippen LogP contribution in [0.2, 0.25) is 0 Å². The monoisotopic (exact) mass is 750 g/mol. The molecule has 266 valence electrons. The van der Waals surface area contributed by atoms with Crippen molar-refractivity contribution >= 4 is 71.9 Å². The zero-order valence-corrected chi connectivity index (χ0v) is 26.7. The number of carboxylic acids is 1. The number of H-pyrrole nitrogens is 1. The Balaban J connectivity index is 1.93. The first-order valence-corrected chi connectivity index (χ1v) is 16.1. The maximum Gasteiger partial charge on any atom is 0.356 e. The lowest BCUT2D eigenvalue weighted by Gasteiger charge is -2.15. The largest absolute Gasteiger partial charge is 0.476 e. The van der Waals surface area contributed by atoms with Gasteiger partial charge < -0.3 is 15.7 Å². The fourth-order valence-corrected chi connectivity index (χ4v) is 5.47. The van der Waals surface area contributed by atoms with Gasteiger partial charge in [-0.15, -0.1) is 10.2 Å². The van der Waals surface area contributed by atoms with E-state index in [4.69, 9.17) is 0 Å². The van der Waals surface area contributed by atoms with Crippen LogP contribution in [-0.2, 0) is 25.0 Å². The number of halogens is 1. The molecule has 0 spiro atoms. The Morgan fingerprint density at radius 3 is 2.18 bits per heavy atom. The van der Waals surface area contributed by atoms with Gasteiger partial charge in [-0.1, -0.05) is 6.58 Å². The standard InChI is InChI=1S/C26H19FN8O14S2/c1-3-22(36)28-12-4-5-15(21(6-12)51(47,48)49)30-31-23-24(26(38)39)32-33(25(23)37)18-8-13(50(44,45)46)7-16(11(18)2)29-17-9-14(27)19(34(40)41)10-20(17)35(42)43/h3-10,29,32H,1H2,2H3,(H,28,36)(H,38,39)(H,44,45,46)(H,47,48,49). The number of hydrogen-bond acceptors (Lipinski definition) is 14. The fraction of sp³-hybridized carbons (Fsp3) is 0.0385. The third kappa shape index (κ3) is 7.80. The predicted molar refractivity (Wildman–Crippen MR) is 170 cm³/mol. The Morgan fingerprint density at radius 2 is 1.63 bits per heavy atom. The molecule has 4 aromatic rings. The van der Waals surface area contributed by atoms with Crippen LogP contribution in [0, 0.1) is 33.0 Å². The maximum atomic E-state index is 14.5. The van der Waals surface area contributed by atoms with Gasteiger partial charge in [0.25, 0.3) is 31.5 Å². The number of benzene rings is 3. The molecule has 25 heteroatoms. The van der Waals surface area contributed by atoms with Crippen molar-refractivity contribution in [3.05, 3.63) is 103 Å². The predicted octanol–water partition coefficient (Wildman–Crippen LogP) is 3.90. The number of anilines is 3. The van der Waals surface area contributed by atoms with E-state index in [9.17, 15) is 70.1 Å². The average Bonchev–Trinajstić information content (AvgIpc) is 3.35. The van der Waals surface area contributed by atoms with Gasteiger partial charge >= 0.3 is 11.7 Å². The van der Waals surface area contributed by atoms with Crippen LogP contribution in [0.4, 0.5) is 44.2 Å². The van der Waals surface area contributed by atoms with Gasteiger partial charge in [-0.05, 0) is 48.9 Å². The summed E-state index contributed by atoms with van der Waals surface area (Å²) in [5.74, 6) is -4.14. The number of nitrogens with zero attached hydrogens (tertiary/aromatic N) is 5. The van der Waals surface area contributed by atoms with Crippen molar-refractivity contribution in [1.29, 1.82) is 0 Å². The van der Waals surface area contributed by atoms with Crippen LogP contribution in [-0.4, -0.2) is 62.6 Å². The lowest BCUT2D eigenvalue weighted by Crippen LogP contribution is -2.17. The molecule has 1 amide bonds. The van der Waals surface area contributed by atoms with Gasteiger partial charge in [-0.2, -0.15) is 21.2 Å². The fourth-order valence-electron chi connectivity index (χ4n) is 4.29. The number of azo groups is 1. The third-order valence-corrected chi connectivity index (χ3v) is 8.36. The summed E-state index contributed by atoms with van der Waals surface area (Å²) in [7, 11) is -10.2. The highest BCUT2D eigenvalue weighted by Crippen LogP contribution is 2.37. The molecule has 0 bridgehead atoms. The number of nitro groups is 2. The van der Waals surface area contributed by atoms with Crippen molar-refractivity contribution in [2.24, 2.45) is 10.2 Å². The Morgan fingerprint density at radius 1 is 0.980 bits per heavy atom. The Bertz CT molecular complexity index is 2510. The van der Waals surface area contributed by atoms with Gasteiger partial charge in [0.1, 0.15) is 16.3 Å². The minimum absolute atomic E-state index is 0.151. The lowest BCUT2D eigenvalue weighted by atomic mass is 10.1. The number of nitro benzene ring substituents is 2. The molecule has 0 unspecified atom stereocenters. The van der Waals surface area contributed by atoms with Crippen LogP contribution in [0.25, 0.3) is 5.69 Å². The van der Waals surface area contributed by atoms with Gasteiger partial charge in [-0.3, -0.25) is 44.0 Å². The molecule has 1 aromatic heterocycles. The molecule has 0 aliphatic rings. The highest BCUT2D eigenvalue weighted by Gasteiger charge is 2.28. The topological polar surface area (TPSA) is 336 Å². The number of aromatic amines is 1. The summed E-state index contributed by atoms with van der Waals surface area (Å²) in [4.78, 5) is 55.7. The molecule has 0 fully saturated rings. The summed E-state index contributed by atoms with van der Waals surface area (Å²) in [6, 6.07) is 4.80. The molecule has 22 nitrogen and oxygen atoms in total. The first-order chi connectivity index (χ1) is 23.6. The van der Waals surface area contributed by atoms with Crippen LogP contribution in [0.3, 0.4) is 0 Å². The molecule has 0 aliphatic heterocycles. The van der Waals surface area contributed by atoms with Crippen LogP contribution in [0.1, 0.15) is 16.1 Å².